The Kier molecular flexibility index (Phi) is 2.81. The fourth-order valence-electron chi connectivity index (χ4n) is 4.90. The maximum absolute atomic E-state index is 14.7. The molecule has 4 bridgehead atoms. The van der Waals surface area contributed by atoms with Gasteiger partial charge in [-0.05, 0) is 20.8 Å². The molecule has 0 amide bonds. The predicted molar refractivity (Wildman–Crippen MR) is 57.8 cm³/mol. The number of hydrogen-bond donors (Lipinski definition) is 0. The van der Waals surface area contributed by atoms with E-state index in [1.807, 2.05) is 0 Å². The largest absolute Gasteiger partial charge is 0.310 e. The molecule has 4 saturated carbocycles. The van der Waals surface area contributed by atoms with Crippen molar-refractivity contribution in [3.8, 4) is 0 Å². The van der Waals surface area contributed by atoms with E-state index < -0.39 is 78.2 Å². The molecule has 0 atom stereocenters. The molecule has 4 rings (SSSR count). The summed E-state index contributed by atoms with van der Waals surface area (Å²) in [6.07, 6.45) is 0. The third-order valence-electron chi connectivity index (χ3n) is 6.95. The van der Waals surface area contributed by atoms with Crippen LogP contribution in [0.2, 0.25) is 0 Å². The Balaban J connectivity index is 2.71. The van der Waals surface area contributed by atoms with Gasteiger partial charge in [-0.3, -0.25) is 0 Å². The summed E-state index contributed by atoms with van der Waals surface area (Å²) in [5.74, 6) is -39.3. The molecule has 0 heterocycles. The first-order valence-corrected chi connectivity index (χ1v) is 6.96. The van der Waals surface area contributed by atoms with Crippen LogP contribution in [0, 0.1) is 16.2 Å². The summed E-state index contributed by atoms with van der Waals surface area (Å²) in [5.41, 5.74) is -23.4. The first-order chi connectivity index (χ1) is 11.0. The van der Waals surface area contributed by atoms with Crippen LogP contribution in [0.3, 0.4) is 0 Å². The molecule has 4 aliphatic rings. The standard InChI is InChI=1S/C13H9F13/c1-4-8(15,16)5(2)10(19,20)6(3,9(4,17)18)13(25,26)7(14,11(4,21)22)12(5,23)24/h1-3H3. The Morgan fingerprint density at radius 3 is 0.615 bits per heavy atom. The molecule has 0 aromatic carbocycles. The highest BCUT2D eigenvalue weighted by atomic mass is 19.3. The van der Waals surface area contributed by atoms with Crippen LogP contribution in [-0.2, 0) is 0 Å². The van der Waals surface area contributed by atoms with E-state index in [2.05, 4.69) is 0 Å². The van der Waals surface area contributed by atoms with E-state index >= 15 is 0 Å². The molecular formula is C13H9F13. The zero-order chi connectivity index (χ0) is 21.0. The van der Waals surface area contributed by atoms with Crippen LogP contribution < -0.4 is 0 Å². The highest BCUT2D eigenvalue weighted by molar-refractivity contribution is 5.48. The van der Waals surface area contributed by atoms with Crippen LogP contribution in [0.1, 0.15) is 20.8 Å². The second-order valence-corrected chi connectivity index (χ2v) is 7.48. The van der Waals surface area contributed by atoms with Crippen LogP contribution in [0.4, 0.5) is 57.1 Å². The van der Waals surface area contributed by atoms with Crippen molar-refractivity contribution >= 4 is 0 Å². The normalized spacial score (nSPS) is 53.5. The minimum atomic E-state index is -6.77. The smallest absolute Gasteiger partial charge is 0.223 e. The van der Waals surface area contributed by atoms with Crippen molar-refractivity contribution in [3.63, 3.8) is 0 Å². The number of halogens is 13. The van der Waals surface area contributed by atoms with Gasteiger partial charge in [-0.25, -0.2) is 57.1 Å². The molecule has 13 heteroatoms. The molecule has 4 fully saturated rings. The second-order valence-electron chi connectivity index (χ2n) is 7.48. The Morgan fingerprint density at radius 2 is 0.462 bits per heavy atom. The summed E-state index contributed by atoms with van der Waals surface area (Å²) < 4.78 is 188. The van der Waals surface area contributed by atoms with Gasteiger partial charge in [-0.1, -0.05) is 0 Å². The predicted octanol–water partition coefficient (Wildman–Crippen LogP) is 5.57. The van der Waals surface area contributed by atoms with Crippen molar-refractivity contribution in [2.45, 2.75) is 62.0 Å². The highest BCUT2D eigenvalue weighted by Crippen LogP contribution is 2.93. The SMILES string of the molecule is CC12C(F)(F)C3(C)C(F)(F)C(C)(C1(F)F)C(F)(F)C(F)(C2(F)F)C3(F)F. The van der Waals surface area contributed by atoms with Crippen molar-refractivity contribution < 1.29 is 57.1 Å². The van der Waals surface area contributed by atoms with Gasteiger partial charge in [0.2, 0.25) is 0 Å². The average Bonchev–Trinajstić information content (AvgIpc) is 2.46. The monoisotopic (exact) mass is 412 g/mol. The number of alkyl halides is 13. The van der Waals surface area contributed by atoms with E-state index in [1.54, 1.807) is 0 Å². The van der Waals surface area contributed by atoms with Gasteiger partial charge >= 0.3 is 23.4 Å². The molecule has 0 nitrogen and oxygen atoms in total. The van der Waals surface area contributed by atoms with Crippen molar-refractivity contribution in [1.82, 2.24) is 0 Å². The molecule has 0 radical (unpaired) electrons. The van der Waals surface area contributed by atoms with Crippen LogP contribution in [0.15, 0.2) is 0 Å². The molecule has 0 saturated heterocycles. The molecule has 26 heavy (non-hydrogen) atoms. The van der Waals surface area contributed by atoms with Crippen molar-refractivity contribution in [2.75, 3.05) is 0 Å². The first kappa shape index (κ1) is 19.8. The fourth-order valence-corrected chi connectivity index (χ4v) is 4.90. The third-order valence-corrected chi connectivity index (χ3v) is 6.95. The van der Waals surface area contributed by atoms with Gasteiger partial charge in [-0.2, -0.15) is 0 Å². The van der Waals surface area contributed by atoms with Crippen molar-refractivity contribution in [1.29, 1.82) is 0 Å². The van der Waals surface area contributed by atoms with E-state index in [0.717, 1.165) is 0 Å². The van der Waals surface area contributed by atoms with E-state index in [9.17, 15) is 57.1 Å². The van der Waals surface area contributed by atoms with E-state index in [1.165, 1.54) is 0 Å². The molecule has 0 unspecified atom stereocenters. The highest BCUT2D eigenvalue weighted by Gasteiger charge is 3.17. The summed E-state index contributed by atoms with van der Waals surface area (Å²) >= 11 is 0. The minimum absolute atomic E-state index is 0.822. The molecule has 0 aromatic rings. The number of rotatable bonds is 0. The zero-order valence-corrected chi connectivity index (χ0v) is 12.9. The zero-order valence-electron chi connectivity index (χ0n) is 12.9. The van der Waals surface area contributed by atoms with Gasteiger partial charge in [0.15, 0.2) is 16.2 Å². The maximum atomic E-state index is 14.7. The average molecular weight is 412 g/mol. The van der Waals surface area contributed by atoms with Crippen LogP contribution in [0.25, 0.3) is 0 Å². The molecule has 0 spiro atoms. The molecule has 152 valence electrons. The molecule has 0 aliphatic heterocycles. The summed E-state index contributed by atoms with van der Waals surface area (Å²) in [4.78, 5) is 0. The lowest BCUT2D eigenvalue weighted by molar-refractivity contribution is -0.615. The first-order valence-electron chi connectivity index (χ1n) is 6.96. The Labute approximate surface area is 136 Å². The van der Waals surface area contributed by atoms with Gasteiger partial charge in [0.25, 0.3) is 17.8 Å². The Morgan fingerprint density at radius 1 is 0.308 bits per heavy atom. The van der Waals surface area contributed by atoms with Crippen LogP contribution >= 0.6 is 0 Å². The quantitative estimate of drug-likeness (QED) is 0.457. The molecule has 0 aromatic heterocycles. The summed E-state index contributed by atoms with van der Waals surface area (Å²) in [7, 11) is 0. The van der Waals surface area contributed by atoms with Crippen LogP contribution in [-0.4, -0.2) is 41.2 Å². The van der Waals surface area contributed by atoms with Gasteiger partial charge in [-0.15, -0.1) is 0 Å². The van der Waals surface area contributed by atoms with E-state index in [0.29, 0.717) is 0 Å². The van der Waals surface area contributed by atoms with Gasteiger partial charge in [0, 0.05) is 0 Å². The lowest BCUT2D eigenvalue weighted by Gasteiger charge is -2.78. The maximum Gasteiger partial charge on any atom is 0.310 e. The van der Waals surface area contributed by atoms with Crippen molar-refractivity contribution in [2.24, 2.45) is 16.2 Å². The van der Waals surface area contributed by atoms with Crippen LogP contribution in [0.5, 0.6) is 0 Å². The molecule has 0 N–H and O–H groups in total. The fraction of sp³-hybridized carbons (Fsp3) is 1.00. The minimum Gasteiger partial charge on any atom is -0.223 e. The summed E-state index contributed by atoms with van der Waals surface area (Å²) in [5, 5.41) is 0. The third kappa shape index (κ3) is 0.982. The van der Waals surface area contributed by atoms with E-state index in [-0.39, 0.29) is 0 Å². The lowest BCUT2D eigenvalue weighted by atomic mass is 9.30. The Hall–Kier alpha value is -0.910. The van der Waals surface area contributed by atoms with Gasteiger partial charge < -0.3 is 0 Å². The molecule has 4 aliphatic carbocycles. The summed E-state index contributed by atoms with van der Waals surface area (Å²) in [6.45, 7) is -2.47. The summed E-state index contributed by atoms with van der Waals surface area (Å²) in [6, 6.07) is 0. The second kappa shape index (κ2) is 3.68. The lowest BCUT2D eigenvalue weighted by Crippen LogP contribution is -3.03. The Bertz CT molecular complexity index is 508. The van der Waals surface area contributed by atoms with Gasteiger partial charge in [0.1, 0.15) is 0 Å². The van der Waals surface area contributed by atoms with E-state index in [4.69, 9.17) is 0 Å². The molecular weight excluding hydrogens is 403 g/mol. The van der Waals surface area contributed by atoms with Gasteiger partial charge in [0.05, 0.1) is 0 Å². The number of hydrogen-bond acceptors (Lipinski definition) is 0. The topological polar surface area (TPSA) is 0 Å². The van der Waals surface area contributed by atoms with Crippen molar-refractivity contribution in [3.05, 3.63) is 0 Å².